The molecule has 0 saturated heterocycles. The van der Waals surface area contributed by atoms with E-state index in [1.165, 1.54) is 94.0 Å². The summed E-state index contributed by atoms with van der Waals surface area (Å²) < 4.78 is 19.5. The smallest absolute Gasteiger partial charge is 0.252 e. The number of hydrogen-bond donors (Lipinski definition) is 0. The minimum absolute atomic E-state index is 0.0206. The molecule has 7 heteroatoms. The van der Waals surface area contributed by atoms with Crippen molar-refractivity contribution < 1.29 is 13.9 Å². The highest BCUT2D eigenvalue weighted by Gasteiger charge is 2.46. The van der Waals surface area contributed by atoms with Crippen molar-refractivity contribution in [2.75, 3.05) is 27.9 Å². The lowest BCUT2D eigenvalue weighted by Crippen LogP contribution is -2.61. The molecule has 12 aromatic carbocycles. The zero-order valence-corrected chi connectivity index (χ0v) is 59.1. The fourth-order valence-electron chi connectivity index (χ4n) is 17.0. The number of para-hydroxylation sites is 1. The van der Waals surface area contributed by atoms with Crippen molar-refractivity contribution in [2.45, 2.75) is 117 Å². The number of hydrogen-bond acceptors (Lipinski definition) is 6. The Morgan fingerprint density at radius 3 is 1.62 bits per heavy atom. The summed E-state index contributed by atoms with van der Waals surface area (Å²) in [5.74, 6) is 2.44. The summed E-state index contributed by atoms with van der Waals surface area (Å²) in [7, 11) is 0. The first-order valence-electron chi connectivity index (χ1n) is 35.4. The predicted molar refractivity (Wildman–Crippen MR) is 416 cm³/mol. The Kier molecular flexibility index (Phi) is 13.2. The van der Waals surface area contributed by atoms with E-state index < -0.39 is 0 Å². The van der Waals surface area contributed by atoms with E-state index in [2.05, 4.69) is 329 Å². The van der Waals surface area contributed by atoms with Crippen LogP contribution in [0.15, 0.2) is 241 Å². The van der Waals surface area contributed by atoms with Gasteiger partial charge in [0.25, 0.3) is 6.71 Å². The van der Waals surface area contributed by atoms with Crippen molar-refractivity contribution in [3.63, 3.8) is 0 Å². The molecule has 2 aliphatic carbocycles. The van der Waals surface area contributed by atoms with Crippen molar-refractivity contribution in [1.82, 2.24) is 0 Å². The number of nitrogens with zero attached hydrogens (tertiary/aromatic N) is 3. The number of furan rings is 1. The molecule has 0 spiro atoms. The average molecular weight is 1290 g/mol. The molecule has 0 amide bonds. The zero-order chi connectivity index (χ0) is 68.0. The normalized spacial score (nSPS) is 15.1. The van der Waals surface area contributed by atoms with Crippen LogP contribution in [0, 0.1) is 0 Å². The molecular weight excluding hydrogens is 1210 g/mol. The predicted octanol–water partition coefficient (Wildman–Crippen LogP) is 22.7. The van der Waals surface area contributed by atoms with Crippen molar-refractivity contribution >= 4 is 96.0 Å². The van der Waals surface area contributed by atoms with Gasteiger partial charge in [0.15, 0.2) is 11.5 Å². The molecule has 99 heavy (non-hydrogen) atoms. The highest BCUT2D eigenvalue weighted by atomic mass is 16.6. The molecule has 0 fully saturated rings. The summed E-state index contributed by atoms with van der Waals surface area (Å²) in [4.78, 5) is 7.54. The van der Waals surface area contributed by atoms with E-state index in [9.17, 15) is 0 Å². The van der Waals surface area contributed by atoms with Crippen molar-refractivity contribution in [3.8, 4) is 56.2 Å². The lowest BCUT2D eigenvalue weighted by Gasteiger charge is -2.45. The molecule has 13 aromatic rings. The highest BCUT2D eigenvalue weighted by Crippen LogP contribution is 2.56. The van der Waals surface area contributed by atoms with Gasteiger partial charge in [-0.15, -0.1) is 0 Å². The van der Waals surface area contributed by atoms with Gasteiger partial charge in [0.1, 0.15) is 24.6 Å². The SMILES string of the molecule is CC(C)(C)c1ccc(N2c3ccc(C(C)(C)C)cc3B3c4cc5c(cc4N(c4ccc(C(C)(C)C)cc4)c4cc(-c6ccc(N(c7ccc8c(c7)C(C)(C)c7cc(-c9cc%10ccccc%10o9)ccc7-8)c7ccc8c9c(ccc8c7)C(C)(C)c7ccccc7-9)cc6)cc2c43)OCCO5)cc1. The summed E-state index contributed by atoms with van der Waals surface area (Å²) in [5, 5.41) is 3.59. The third kappa shape index (κ3) is 9.50. The molecule has 0 bridgehead atoms. The fourth-order valence-corrected chi connectivity index (χ4v) is 17.0. The Morgan fingerprint density at radius 2 is 0.939 bits per heavy atom. The molecule has 0 unspecified atom stereocenters. The second-order valence-corrected chi connectivity index (χ2v) is 32.4. The largest absolute Gasteiger partial charge is 0.486 e. The summed E-state index contributed by atoms with van der Waals surface area (Å²) in [6.45, 7) is 31.1. The van der Waals surface area contributed by atoms with E-state index in [-0.39, 0.29) is 33.8 Å². The van der Waals surface area contributed by atoms with Gasteiger partial charge in [0.05, 0.1) is 0 Å². The maximum Gasteiger partial charge on any atom is 0.252 e. The van der Waals surface area contributed by atoms with Crippen LogP contribution in [0.2, 0.25) is 0 Å². The van der Waals surface area contributed by atoms with Gasteiger partial charge in [0.2, 0.25) is 0 Å². The van der Waals surface area contributed by atoms with Gasteiger partial charge in [-0.2, -0.15) is 0 Å². The fraction of sp³-hybridized carbons (Fsp3) is 0.217. The molecule has 5 aliphatic rings. The maximum atomic E-state index is 6.53. The molecule has 0 atom stereocenters. The zero-order valence-electron chi connectivity index (χ0n) is 59.1. The Balaban J connectivity index is 0.828. The first-order chi connectivity index (χ1) is 47.4. The molecule has 486 valence electrons. The Morgan fingerprint density at radius 1 is 0.384 bits per heavy atom. The number of anilines is 9. The summed E-state index contributed by atoms with van der Waals surface area (Å²) >= 11 is 0. The second kappa shape index (κ2) is 21.5. The van der Waals surface area contributed by atoms with Crippen LogP contribution in [0.25, 0.3) is 66.4 Å². The van der Waals surface area contributed by atoms with Crippen LogP contribution in [-0.4, -0.2) is 19.9 Å². The Hall–Kier alpha value is -10.5. The summed E-state index contributed by atoms with van der Waals surface area (Å²) in [6.07, 6.45) is 0. The Bertz CT molecular complexity index is 5490. The van der Waals surface area contributed by atoms with Gasteiger partial charge in [-0.25, -0.2) is 0 Å². The number of fused-ring (bicyclic) bond motifs is 14. The molecule has 4 heterocycles. The van der Waals surface area contributed by atoms with Crippen molar-refractivity contribution in [3.05, 3.63) is 276 Å². The van der Waals surface area contributed by atoms with E-state index in [4.69, 9.17) is 13.9 Å². The van der Waals surface area contributed by atoms with Gasteiger partial charge in [-0.3, -0.25) is 0 Å². The molecule has 0 radical (unpaired) electrons. The van der Waals surface area contributed by atoms with Crippen LogP contribution in [-0.2, 0) is 27.1 Å². The van der Waals surface area contributed by atoms with Crippen LogP contribution in [0.4, 0.5) is 51.2 Å². The van der Waals surface area contributed by atoms with E-state index in [0.717, 1.165) is 90.4 Å². The van der Waals surface area contributed by atoms with E-state index >= 15 is 0 Å². The highest BCUT2D eigenvalue weighted by molar-refractivity contribution is 7.00. The topological polar surface area (TPSA) is 41.3 Å². The third-order valence-corrected chi connectivity index (χ3v) is 22.5. The second-order valence-electron chi connectivity index (χ2n) is 32.4. The molecular formula is C92H82BN3O3. The minimum Gasteiger partial charge on any atom is -0.486 e. The number of benzene rings is 12. The van der Waals surface area contributed by atoms with Crippen LogP contribution in [0.1, 0.15) is 129 Å². The van der Waals surface area contributed by atoms with E-state index in [1.807, 2.05) is 12.1 Å². The van der Waals surface area contributed by atoms with Gasteiger partial charge < -0.3 is 28.6 Å². The third-order valence-electron chi connectivity index (χ3n) is 22.5. The minimum atomic E-state index is -0.310. The van der Waals surface area contributed by atoms with Crippen LogP contribution < -0.4 is 40.6 Å². The summed E-state index contributed by atoms with van der Waals surface area (Å²) in [6, 6.07) is 90.1. The van der Waals surface area contributed by atoms with Gasteiger partial charge in [-0.1, -0.05) is 217 Å². The molecule has 0 N–H and O–H groups in total. The van der Waals surface area contributed by atoms with Crippen LogP contribution in [0.3, 0.4) is 0 Å². The monoisotopic (exact) mass is 1290 g/mol. The van der Waals surface area contributed by atoms with Gasteiger partial charge >= 0.3 is 0 Å². The quantitative estimate of drug-likeness (QED) is 0.148. The standard InChI is InChI=1S/C92H82BN3O3/c1-88(2,3)60-26-33-64(34-27-60)95-78-43-30-62(90(7,8)9)51-76(78)93-77-53-84-85(98-45-44-97-84)54-79(77)96(65-35-28-61(29-36-65)89(4,5)6)81-49-59(48-80(95)87(81)93)55-22-31-63(32-23-55)94(66-37-40-68-56(46-66)25-42-73-86(68)71-19-15-16-20-72(71)91(73,10)11)67-38-41-70-69-39-24-58(47-74(69)92(12,13)75(70)52-67)83-50-57-18-14-17-21-82(57)99-83/h14-43,46-54H,44-45H2,1-13H3. The average Bonchev–Trinajstić information content (AvgIpc) is 1.56. The van der Waals surface area contributed by atoms with Crippen molar-refractivity contribution in [1.29, 1.82) is 0 Å². The lowest BCUT2D eigenvalue weighted by atomic mass is 9.33. The molecule has 1 aromatic heterocycles. The number of rotatable bonds is 7. The van der Waals surface area contributed by atoms with E-state index in [1.54, 1.807) is 0 Å². The molecule has 0 saturated carbocycles. The first-order valence-corrected chi connectivity index (χ1v) is 35.4. The van der Waals surface area contributed by atoms with E-state index in [0.29, 0.717) is 13.2 Å². The first kappa shape index (κ1) is 60.9. The molecule has 18 rings (SSSR count). The van der Waals surface area contributed by atoms with Crippen molar-refractivity contribution in [2.24, 2.45) is 0 Å². The maximum absolute atomic E-state index is 6.53. The number of ether oxygens (including phenoxy) is 2. The van der Waals surface area contributed by atoms with Crippen LogP contribution >= 0.6 is 0 Å². The Labute approximate surface area is 583 Å². The van der Waals surface area contributed by atoms with Gasteiger partial charge in [-0.05, 0) is 219 Å². The lowest BCUT2D eigenvalue weighted by molar-refractivity contribution is 0.172. The molecule has 3 aliphatic heterocycles. The van der Waals surface area contributed by atoms with Crippen LogP contribution in [0.5, 0.6) is 11.5 Å². The summed E-state index contributed by atoms with van der Waals surface area (Å²) in [5.41, 5.74) is 31.8. The molecule has 6 nitrogen and oxygen atoms in total. The van der Waals surface area contributed by atoms with Gasteiger partial charge in [0, 0.05) is 79.0 Å².